The average molecular weight is 176 g/mol. The summed E-state index contributed by atoms with van der Waals surface area (Å²) in [6.07, 6.45) is -1.81. The molecule has 0 aliphatic rings. The molecule has 70 valence electrons. The van der Waals surface area contributed by atoms with Crippen LogP contribution in [0.2, 0.25) is 0 Å². The smallest absolute Gasteiger partial charge is 0.463 e. The molecule has 5 nitrogen and oxygen atoms in total. The largest absolute Gasteiger partial charge is 0.508 e. The Hall–Kier alpha value is -1.26. The van der Waals surface area contributed by atoms with Crippen molar-refractivity contribution in [2.75, 3.05) is 13.7 Å². The third-order valence-electron chi connectivity index (χ3n) is 1.06. The lowest BCUT2D eigenvalue weighted by atomic mass is 10.4. The molecule has 0 bridgehead atoms. The first kappa shape index (κ1) is 10.7. The zero-order chi connectivity index (χ0) is 9.56. The summed E-state index contributed by atoms with van der Waals surface area (Å²) in [6, 6.07) is 0. The molecule has 0 amide bonds. The first-order valence-electron chi connectivity index (χ1n) is 3.53. The van der Waals surface area contributed by atoms with E-state index in [4.69, 9.17) is 0 Å². The molecule has 12 heavy (non-hydrogen) atoms. The Labute approximate surface area is 70.6 Å². The lowest BCUT2D eigenvalue weighted by Crippen LogP contribution is -2.26. The number of carbonyl (C=O) groups is 2. The summed E-state index contributed by atoms with van der Waals surface area (Å²) in [5.41, 5.74) is 0. The molecule has 1 unspecified atom stereocenters. The Morgan fingerprint density at radius 1 is 1.42 bits per heavy atom. The van der Waals surface area contributed by atoms with Crippen LogP contribution >= 0.6 is 0 Å². The fourth-order valence-corrected chi connectivity index (χ4v) is 0.500. The number of carbonyl (C=O) groups excluding carboxylic acids is 2. The van der Waals surface area contributed by atoms with Crippen molar-refractivity contribution in [3.8, 4) is 0 Å². The number of methoxy groups -OCH3 is 1. The van der Waals surface area contributed by atoms with Crippen molar-refractivity contribution < 1.29 is 23.8 Å². The van der Waals surface area contributed by atoms with E-state index in [2.05, 4.69) is 14.2 Å². The highest BCUT2D eigenvalue weighted by Gasteiger charge is 2.18. The summed E-state index contributed by atoms with van der Waals surface area (Å²) in [5, 5.41) is 0. The Bertz CT molecular complexity index is 165. The molecule has 0 heterocycles. The van der Waals surface area contributed by atoms with E-state index in [9.17, 15) is 9.59 Å². The topological polar surface area (TPSA) is 61.8 Å². The van der Waals surface area contributed by atoms with Crippen LogP contribution in [0.5, 0.6) is 0 Å². The van der Waals surface area contributed by atoms with Gasteiger partial charge in [-0.05, 0) is 13.8 Å². The first-order valence-corrected chi connectivity index (χ1v) is 3.53. The van der Waals surface area contributed by atoms with Crippen molar-refractivity contribution in [3.05, 3.63) is 0 Å². The molecule has 1 atom stereocenters. The minimum absolute atomic E-state index is 0.258. The number of hydrogen-bond acceptors (Lipinski definition) is 5. The standard InChI is InChI=1S/C7H12O5/c1-4-11-6(8)5(2)12-7(9)10-3/h5H,4H2,1-3H3. The molecule has 0 rings (SSSR count). The van der Waals surface area contributed by atoms with Crippen LogP contribution in [-0.4, -0.2) is 31.9 Å². The second-order valence-corrected chi connectivity index (χ2v) is 1.97. The van der Waals surface area contributed by atoms with Crippen molar-refractivity contribution in [2.45, 2.75) is 20.0 Å². The van der Waals surface area contributed by atoms with Gasteiger partial charge in [-0.3, -0.25) is 0 Å². The number of hydrogen-bond donors (Lipinski definition) is 0. The second-order valence-electron chi connectivity index (χ2n) is 1.97. The van der Waals surface area contributed by atoms with E-state index in [0.29, 0.717) is 0 Å². The fraction of sp³-hybridized carbons (Fsp3) is 0.714. The van der Waals surface area contributed by atoms with E-state index in [1.165, 1.54) is 14.0 Å². The van der Waals surface area contributed by atoms with Crippen LogP contribution in [0.1, 0.15) is 13.8 Å². The SMILES string of the molecule is CCOC(=O)C(C)OC(=O)OC. The second kappa shape index (κ2) is 5.40. The number of ether oxygens (including phenoxy) is 3. The van der Waals surface area contributed by atoms with Crippen LogP contribution in [0.15, 0.2) is 0 Å². The van der Waals surface area contributed by atoms with Crippen molar-refractivity contribution in [2.24, 2.45) is 0 Å². The fourth-order valence-electron chi connectivity index (χ4n) is 0.500. The van der Waals surface area contributed by atoms with Gasteiger partial charge in [0.25, 0.3) is 0 Å². The monoisotopic (exact) mass is 176 g/mol. The predicted octanol–water partition coefficient (Wildman–Crippen LogP) is 0.721. The molecule has 0 aromatic heterocycles. The molecule has 0 saturated carbocycles. The van der Waals surface area contributed by atoms with E-state index < -0.39 is 18.2 Å². The van der Waals surface area contributed by atoms with Crippen LogP contribution in [0.3, 0.4) is 0 Å². The van der Waals surface area contributed by atoms with Crippen LogP contribution in [0.25, 0.3) is 0 Å². The molecule has 0 aliphatic carbocycles. The molecule has 5 heteroatoms. The van der Waals surface area contributed by atoms with E-state index in [0.717, 1.165) is 0 Å². The van der Waals surface area contributed by atoms with E-state index in [1.54, 1.807) is 6.92 Å². The number of esters is 1. The molecule has 0 aromatic carbocycles. The van der Waals surface area contributed by atoms with Crippen LogP contribution in [-0.2, 0) is 19.0 Å². The summed E-state index contributed by atoms with van der Waals surface area (Å²) in [5.74, 6) is -0.581. The minimum atomic E-state index is -0.919. The van der Waals surface area contributed by atoms with Gasteiger partial charge < -0.3 is 14.2 Å². The zero-order valence-corrected chi connectivity index (χ0v) is 7.33. The van der Waals surface area contributed by atoms with Gasteiger partial charge in [-0.15, -0.1) is 0 Å². The molecule has 0 aromatic rings. The summed E-state index contributed by atoms with van der Waals surface area (Å²) in [7, 11) is 1.17. The van der Waals surface area contributed by atoms with Gasteiger partial charge in [0.05, 0.1) is 13.7 Å². The van der Waals surface area contributed by atoms with Crippen LogP contribution in [0, 0.1) is 0 Å². The highest BCUT2D eigenvalue weighted by molar-refractivity contribution is 5.76. The molecule has 0 aliphatic heterocycles. The van der Waals surface area contributed by atoms with E-state index in [1.807, 2.05) is 0 Å². The molecular formula is C7H12O5. The zero-order valence-electron chi connectivity index (χ0n) is 7.33. The summed E-state index contributed by atoms with van der Waals surface area (Å²) in [4.78, 5) is 21.3. The lowest BCUT2D eigenvalue weighted by molar-refractivity contribution is -0.153. The predicted molar refractivity (Wildman–Crippen MR) is 39.6 cm³/mol. The maximum Gasteiger partial charge on any atom is 0.508 e. The van der Waals surface area contributed by atoms with Gasteiger partial charge in [0, 0.05) is 0 Å². The lowest BCUT2D eigenvalue weighted by Gasteiger charge is -2.09. The van der Waals surface area contributed by atoms with Gasteiger partial charge in [0.2, 0.25) is 0 Å². The third-order valence-corrected chi connectivity index (χ3v) is 1.06. The molecule has 0 N–H and O–H groups in total. The van der Waals surface area contributed by atoms with Gasteiger partial charge in [0.1, 0.15) is 0 Å². The Morgan fingerprint density at radius 2 is 2.00 bits per heavy atom. The Kier molecular flexibility index (Phi) is 4.83. The average Bonchev–Trinajstić information content (AvgIpc) is 2.04. The quantitative estimate of drug-likeness (QED) is 0.593. The van der Waals surface area contributed by atoms with Crippen molar-refractivity contribution in [1.82, 2.24) is 0 Å². The van der Waals surface area contributed by atoms with E-state index in [-0.39, 0.29) is 6.61 Å². The molecule has 0 radical (unpaired) electrons. The minimum Gasteiger partial charge on any atom is -0.463 e. The van der Waals surface area contributed by atoms with E-state index >= 15 is 0 Å². The Balaban J connectivity index is 3.78. The van der Waals surface area contributed by atoms with Crippen molar-refractivity contribution in [1.29, 1.82) is 0 Å². The van der Waals surface area contributed by atoms with Gasteiger partial charge >= 0.3 is 12.1 Å². The summed E-state index contributed by atoms with van der Waals surface area (Å²) in [6.45, 7) is 3.34. The molecular weight excluding hydrogens is 164 g/mol. The molecule has 0 fully saturated rings. The summed E-state index contributed by atoms with van der Waals surface area (Å²) < 4.78 is 13.2. The van der Waals surface area contributed by atoms with Crippen LogP contribution < -0.4 is 0 Å². The third kappa shape index (κ3) is 3.80. The van der Waals surface area contributed by atoms with Gasteiger partial charge in [-0.2, -0.15) is 0 Å². The highest BCUT2D eigenvalue weighted by atomic mass is 16.7. The highest BCUT2D eigenvalue weighted by Crippen LogP contribution is 1.96. The number of rotatable bonds is 3. The molecule has 0 saturated heterocycles. The summed E-state index contributed by atoms with van der Waals surface area (Å²) >= 11 is 0. The maximum absolute atomic E-state index is 10.8. The Morgan fingerprint density at radius 3 is 2.42 bits per heavy atom. The van der Waals surface area contributed by atoms with Gasteiger partial charge in [-0.1, -0.05) is 0 Å². The van der Waals surface area contributed by atoms with Crippen LogP contribution in [0.4, 0.5) is 4.79 Å². The molecule has 0 spiro atoms. The van der Waals surface area contributed by atoms with Gasteiger partial charge in [0.15, 0.2) is 6.10 Å². The maximum atomic E-state index is 10.8. The van der Waals surface area contributed by atoms with Gasteiger partial charge in [-0.25, -0.2) is 9.59 Å². The van der Waals surface area contributed by atoms with Crippen molar-refractivity contribution in [3.63, 3.8) is 0 Å². The normalized spacial score (nSPS) is 11.6. The first-order chi connectivity index (χ1) is 5.61. The van der Waals surface area contributed by atoms with Crippen molar-refractivity contribution >= 4 is 12.1 Å².